The average Bonchev–Trinajstić information content (AvgIpc) is 3.14. The highest BCUT2D eigenvalue weighted by atomic mass is 32.1. The Morgan fingerprint density at radius 3 is 2.91 bits per heavy atom. The predicted molar refractivity (Wildman–Crippen MR) is 94.1 cm³/mol. The quantitative estimate of drug-likeness (QED) is 0.778. The van der Waals surface area contributed by atoms with Crippen molar-refractivity contribution >= 4 is 43.4 Å². The van der Waals surface area contributed by atoms with Gasteiger partial charge in [0.15, 0.2) is 5.82 Å². The molecule has 1 saturated heterocycles. The summed E-state index contributed by atoms with van der Waals surface area (Å²) in [5.74, 6) is 1.72. The number of thiophene rings is 1. The summed E-state index contributed by atoms with van der Waals surface area (Å²) in [5, 5.41) is 8.05. The van der Waals surface area contributed by atoms with Crippen LogP contribution in [-0.2, 0) is 0 Å². The Labute approximate surface area is 133 Å². The molecule has 3 heterocycles. The lowest BCUT2D eigenvalue weighted by atomic mass is 10.2. The standard InChI is InChI=1S/C16H19N5S/c1-21(2)15-14-13(11-5-3-4-6-12(11)22-14)19-16(20-15)18-10-7-8-17-9-10/h3-6,10,17H,7-9H2,1-2H3,(H,18,19,20)/t10-/m0/s1. The fourth-order valence-electron chi connectivity index (χ4n) is 2.90. The molecule has 2 aromatic heterocycles. The van der Waals surface area contributed by atoms with Crippen LogP contribution in [0.2, 0.25) is 0 Å². The summed E-state index contributed by atoms with van der Waals surface area (Å²) >= 11 is 1.76. The van der Waals surface area contributed by atoms with Gasteiger partial charge in [-0.15, -0.1) is 11.3 Å². The van der Waals surface area contributed by atoms with E-state index in [4.69, 9.17) is 9.97 Å². The Balaban J connectivity index is 1.88. The van der Waals surface area contributed by atoms with Crippen molar-refractivity contribution in [1.29, 1.82) is 0 Å². The number of nitrogens with one attached hydrogen (secondary N) is 2. The minimum Gasteiger partial charge on any atom is -0.361 e. The summed E-state index contributed by atoms with van der Waals surface area (Å²) in [6, 6.07) is 8.85. The minimum atomic E-state index is 0.414. The van der Waals surface area contributed by atoms with Crippen molar-refractivity contribution in [3.05, 3.63) is 24.3 Å². The third-order valence-electron chi connectivity index (χ3n) is 4.02. The first-order valence-electron chi connectivity index (χ1n) is 7.56. The van der Waals surface area contributed by atoms with Gasteiger partial charge in [-0.25, -0.2) is 4.98 Å². The van der Waals surface area contributed by atoms with Gasteiger partial charge in [0.05, 0.1) is 10.2 Å². The molecule has 1 atom stereocenters. The highest BCUT2D eigenvalue weighted by molar-refractivity contribution is 7.26. The first-order chi connectivity index (χ1) is 10.7. The second kappa shape index (κ2) is 5.37. The molecule has 0 aliphatic carbocycles. The van der Waals surface area contributed by atoms with E-state index in [1.165, 1.54) is 10.1 Å². The number of anilines is 2. The molecule has 0 amide bonds. The van der Waals surface area contributed by atoms with Crippen LogP contribution in [0.1, 0.15) is 6.42 Å². The van der Waals surface area contributed by atoms with Crippen LogP contribution in [0.25, 0.3) is 20.3 Å². The van der Waals surface area contributed by atoms with Gasteiger partial charge in [0.25, 0.3) is 0 Å². The van der Waals surface area contributed by atoms with Crippen molar-refractivity contribution in [3.8, 4) is 0 Å². The summed E-state index contributed by atoms with van der Waals surface area (Å²) in [4.78, 5) is 11.6. The molecule has 0 spiro atoms. The normalized spacial score (nSPS) is 18.2. The molecule has 114 valence electrons. The smallest absolute Gasteiger partial charge is 0.225 e. The third kappa shape index (κ3) is 2.28. The van der Waals surface area contributed by atoms with E-state index >= 15 is 0 Å². The van der Waals surface area contributed by atoms with Gasteiger partial charge in [0.2, 0.25) is 5.95 Å². The first kappa shape index (κ1) is 13.7. The van der Waals surface area contributed by atoms with Crippen molar-refractivity contribution in [2.45, 2.75) is 12.5 Å². The molecule has 0 saturated carbocycles. The van der Waals surface area contributed by atoms with E-state index in [0.717, 1.165) is 41.5 Å². The SMILES string of the molecule is CN(C)c1nc(N[C@H]2CCNC2)nc2c1sc1ccccc12. The number of rotatable bonds is 3. The lowest BCUT2D eigenvalue weighted by molar-refractivity contribution is 0.781. The van der Waals surface area contributed by atoms with E-state index in [2.05, 4.69) is 39.8 Å². The molecule has 4 rings (SSSR count). The zero-order valence-electron chi connectivity index (χ0n) is 12.8. The lowest BCUT2D eigenvalue weighted by Gasteiger charge is -2.16. The van der Waals surface area contributed by atoms with Crippen molar-refractivity contribution in [1.82, 2.24) is 15.3 Å². The zero-order chi connectivity index (χ0) is 15.1. The van der Waals surface area contributed by atoms with E-state index in [9.17, 15) is 0 Å². The Morgan fingerprint density at radius 1 is 1.27 bits per heavy atom. The van der Waals surface area contributed by atoms with Gasteiger partial charge in [-0.05, 0) is 19.0 Å². The van der Waals surface area contributed by atoms with E-state index < -0.39 is 0 Å². The number of aromatic nitrogens is 2. The molecule has 1 fully saturated rings. The van der Waals surface area contributed by atoms with Crippen molar-refractivity contribution in [2.24, 2.45) is 0 Å². The van der Waals surface area contributed by atoms with Crippen molar-refractivity contribution < 1.29 is 0 Å². The zero-order valence-corrected chi connectivity index (χ0v) is 13.6. The van der Waals surface area contributed by atoms with Crippen LogP contribution in [0, 0.1) is 0 Å². The van der Waals surface area contributed by atoms with Crippen LogP contribution in [-0.4, -0.2) is 43.2 Å². The van der Waals surface area contributed by atoms with Crippen molar-refractivity contribution in [2.75, 3.05) is 37.4 Å². The second-order valence-electron chi connectivity index (χ2n) is 5.88. The molecular formula is C16H19N5S. The highest BCUT2D eigenvalue weighted by Gasteiger charge is 2.19. The summed E-state index contributed by atoms with van der Waals surface area (Å²) in [6.07, 6.45) is 1.11. The van der Waals surface area contributed by atoms with Gasteiger partial charge in [-0.2, -0.15) is 4.98 Å². The fourth-order valence-corrected chi connectivity index (χ4v) is 4.12. The molecule has 1 aromatic carbocycles. The Kier molecular flexibility index (Phi) is 3.35. The monoisotopic (exact) mass is 313 g/mol. The van der Waals surface area contributed by atoms with Gasteiger partial charge in [0.1, 0.15) is 0 Å². The Bertz CT molecular complexity index is 820. The second-order valence-corrected chi connectivity index (χ2v) is 6.93. The molecule has 22 heavy (non-hydrogen) atoms. The first-order valence-corrected chi connectivity index (χ1v) is 8.38. The summed E-state index contributed by atoms with van der Waals surface area (Å²) < 4.78 is 2.41. The molecule has 5 nitrogen and oxygen atoms in total. The number of hydrogen-bond donors (Lipinski definition) is 2. The fraction of sp³-hybridized carbons (Fsp3) is 0.375. The van der Waals surface area contributed by atoms with Crippen LogP contribution < -0.4 is 15.5 Å². The summed E-state index contributed by atoms with van der Waals surface area (Å²) in [7, 11) is 4.07. The molecule has 0 unspecified atom stereocenters. The van der Waals surface area contributed by atoms with Crippen LogP contribution in [0.3, 0.4) is 0 Å². The van der Waals surface area contributed by atoms with Crippen LogP contribution >= 0.6 is 11.3 Å². The number of benzene rings is 1. The van der Waals surface area contributed by atoms with Gasteiger partial charge in [-0.3, -0.25) is 0 Å². The van der Waals surface area contributed by atoms with E-state index in [1.807, 2.05) is 14.1 Å². The Hall–Kier alpha value is -1.92. The van der Waals surface area contributed by atoms with Crippen LogP contribution in [0.5, 0.6) is 0 Å². The molecule has 0 radical (unpaired) electrons. The van der Waals surface area contributed by atoms with Crippen molar-refractivity contribution in [3.63, 3.8) is 0 Å². The van der Waals surface area contributed by atoms with Crippen LogP contribution in [0.15, 0.2) is 24.3 Å². The molecular weight excluding hydrogens is 294 g/mol. The maximum atomic E-state index is 4.80. The number of hydrogen-bond acceptors (Lipinski definition) is 6. The molecule has 1 aliphatic rings. The van der Waals surface area contributed by atoms with Gasteiger partial charge < -0.3 is 15.5 Å². The Morgan fingerprint density at radius 2 is 2.14 bits per heavy atom. The van der Waals surface area contributed by atoms with Gasteiger partial charge in [0, 0.05) is 36.8 Å². The maximum absolute atomic E-state index is 4.80. The lowest BCUT2D eigenvalue weighted by Crippen LogP contribution is -2.24. The van der Waals surface area contributed by atoms with Gasteiger partial charge >= 0.3 is 0 Å². The van der Waals surface area contributed by atoms with E-state index in [1.54, 1.807) is 11.3 Å². The molecule has 3 aromatic rings. The minimum absolute atomic E-state index is 0.414. The largest absolute Gasteiger partial charge is 0.361 e. The predicted octanol–water partition coefficient (Wildman–Crippen LogP) is 2.68. The van der Waals surface area contributed by atoms with E-state index in [-0.39, 0.29) is 0 Å². The molecule has 0 bridgehead atoms. The topological polar surface area (TPSA) is 53.1 Å². The molecule has 6 heteroatoms. The summed E-state index contributed by atoms with van der Waals surface area (Å²) in [6.45, 7) is 2.03. The van der Waals surface area contributed by atoms with Gasteiger partial charge in [-0.1, -0.05) is 18.2 Å². The highest BCUT2D eigenvalue weighted by Crippen LogP contribution is 2.37. The average molecular weight is 313 g/mol. The molecule has 2 N–H and O–H groups in total. The van der Waals surface area contributed by atoms with E-state index in [0.29, 0.717) is 6.04 Å². The summed E-state index contributed by atoms with van der Waals surface area (Å²) in [5.41, 5.74) is 1.05. The number of nitrogens with zero attached hydrogens (tertiary/aromatic N) is 3. The molecule has 1 aliphatic heterocycles. The third-order valence-corrected chi connectivity index (χ3v) is 5.17. The maximum Gasteiger partial charge on any atom is 0.225 e. The number of fused-ring (bicyclic) bond motifs is 3. The van der Waals surface area contributed by atoms with Crippen LogP contribution in [0.4, 0.5) is 11.8 Å².